The average molecular weight is 386 g/mol. The number of hydrogen-bond acceptors (Lipinski definition) is 8. The van der Waals surface area contributed by atoms with E-state index in [1.165, 1.54) is 25.5 Å². The molecule has 0 saturated carbocycles. The second-order valence-electron chi connectivity index (χ2n) is 7.37. The van der Waals surface area contributed by atoms with Crippen LogP contribution in [0.3, 0.4) is 0 Å². The fraction of sp³-hybridized carbons (Fsp3) is 0.400. The molecule has 1 aromatic rings. The van der Waals surface area contributed by atoms with Gasteiger partial charge in [-0.3, -0.25) is 4.79 Å². The Hall–Kier alpha value is -2.84. The maximum atomic E-state index is 12.7. The summed E-state index contributed by atoms with van der Waals surface area (Å²) in [6.07, 6.45) is 2.21. The van der Waals surface area contributed by atoms with E-state index >= 15 is 0 Å². The fourth-order valence-electron chi connectivity index (χ4n) is 4.77. The van der Waals surface area contributed by atoms with Crippen LogP contribution in [0.15, 0.2) is 48.3 Å². The molecule has 1 aromatic carbocycles. The molecule has 0 bridgehead atoms. The minimum atomic E-state index is -1.18. The largest absolute Gasteiger partial charge is 0.508 e. The van der Waals surface area contributed by atoms with Crippen molar-refractivity contribution in [2.45, 2.75) is 24.1 Å². The second-order valence-corrected chi connectivity index (χ2v) is 7.37. The van der Waals surface area contributed by atoms with Gasteiger partial charge in [-0.1, -0.05) is 18.2 Å². The minimum Gasteiger partial charge on any atom is -0.508 e. The molecule has 1 spiro atoms. The van der Waals surface area contributed by atoms with Gasteiger partial charge in [0.15, 0.2) is 5.60 Å². The van der Waals surface area contributed by atoms with Crippen LogP contribution in [-0.4, -0.2) is 47.3 Å². The first-order valence-corrected chi connectivity index (χ1v) is 8.95. The van der Waals surface area contributed by atoms with Crippen LogP contribution in [-0.2, 0) is 28.5 Å². The number of esters is 2. The highest BCUT2D eigenvalue weighted by molar-refractivity contribution is 5.90. The lowest BCUT2D eigenvalue weighted by Crippen LogP contribution is -2.44. The molecule has 2 saturated heterocycles. The van der Waals surface area contributed by atoms with Crippen molar-refractivity contribution in [1.82, 2.24) is 0 Å². The van der Waals surface area contributed by atoms with Crippen molar-refractivity contribution < 1.29 is 38.7 Å². The Morgan fingerprint density at radius 3 is 2.75 bits per heavy atom. The van der Waals surface area contributed by atoms with Crippen LogP contribution >= 0.6 is 0 Å². The summed E-state index contributed by atoms with van der Waals surface area (Å²) >= 11 is 0. The Morgan fingerprint density at radius 1 is 1.29 bits per heavy atom. The number of carbonyl (C=O) groups is 2. The van der Waals surface area contributed by atoms with E-state index in [0.29, 0.717) is 11.1 Å². The molecule has 7 atom stereocenters. The van der Waals surface area contributed by atoms with E-state index in [0.717, 1.165) is 0 Å². The zero-order valence-corrected chi connectivity index (χ0v) is 14.8. The number of aliphatic hydroxyl groups is 1. The first kappa shape index (κ1) is 17.3. The summed E-state index contributed by atoms with van der Waals surface area (Å²) in [7, 11) is 1.29. The number of aromatic hydroxyl groups is 1. The number of allylic oxidation sites excluding steroid dienone is 1. The predicted molar refractivity (Wildman–Crippen MR) is 91.3 cm³/mol. The van der Waals surface area contributed by atoms with Gasteiger partial charge in [0.2, 0.25) is 6.29 Å². The summed E-state index contributed by atoms with van der Waals surface area (Å²) in [5.41, 5.74) is -0.314. The van der Waals surface area contributed by atoms with E-state index in [9.17, 15) is 19.8 Å². The zero-order valence-electron chi connectivity index (χ0n) is 14.8. The summed E-state index contributed by atoms with van der Waals surface area (Å²) < 4.78 is 22.2. The van der Waals surface area contributed by atoms with Gasteiger partial charge in [-0.15, -0.1) is 0 Å². The van der Waals surface area contributed by atoms with Gasteiger partial charge in [-0.25, -0.2) is 4.79 Å². The number of carbonyl (C=O) groups excluding carboxylic acids is 2. The Bertz CT molecular complexity index is 903. The number of ether oxygens (including phenoxy) is 4. The third-order valence-electron chi connectivity index (χ3n) is 6.05. The molecule has 0 aromatic heterocycles. The standard InChI is InChI=1S/C20H18O8/c1-25-17(23)12-8-26-19-14-11(12)6-7-20(14)16(27-19)13(18(24)28-20)15(22)9-2-4-10(21)5-3-9/h2-8,11,13-16,19,21-22H,1H3/t11-,13?,14-,15?,16+,19-,20?/m1/s1. The molecule has 3 heterocycles. The highest BCUT2D eigenvalue weighted by Crippen LogP contribution is 2.59. The molecule has 28 heavy (non-hydrogen) atoms. The van der Waals surface area contributed by atoms with E-state index in [2.05, 4.69) is 0 Å². The highest BCUT2D eigenvalue weighted by Gasteiger charge is 2.72. The topological polar surface area (TPSA) is 112 Å². The average Bonchev–Trinajstić information content (AvgIpc) is 3.30. The van der Waals surface area contributed by atoms with Gasteiger partial charge in [0.1, 0.15) is 17.8 Å². The lowest BCUT2D eigenvalue weighted by molar-refractivity contribution is -0.167. The lowest BCUT2D eigenvalue weighted by atomic mass is 9.76. The number of hydrogen-bond donors (Lipinski definition) is 2. The minimum absolute atomic E-state index is 0.0564. The van der Waals surface area contributed by atoms with Crippen LogP contribution in [0.25, 0.3) is 0 Å². The lowest BCUT2D eigenvalue weighted by Gasteiger charge is -2.32. The molecule has 8 heteroatoms. The molecular formula is C20H18O8. The van der Waals surface area contributed by atoms with Gasteiger partial charge in [0, 0.05) is 5.92 Å². The number of methoxy groups -OCH3 is 1. The monoisotopic (exact) mass is 386 g/mol. The van der Waals surface area contributed by atoms with E-state index in [1.54, 1.807) is 24.3 Å². The fourth-order valence-corrected chi connectivity index (χ4v) is 4.77. The number of phenolic OH excluding ortho intramolecular Hbond substituents is 1. The summed E-state index contributed by atoms with van der Waals surface area (Å²) in [5, 5.41) is 20.3. The van der Waals surface area contributed by atoms with Crippen molar-refractivity contribution in [3.8, 4) is 5.75 Å². The van der Waals surface area contributed by atoms with Gasteiger partial charge in [-0.2, -0.15) is 0 Å². The molecule has 2 N–H and O–H groups in total. The Kier molecular flexibility index (Phi) is 3.59. The van der Waals surface area contributed by atoms with E-state index in [4.69, 9.17) is 18.9 Å². The van der Waals surface area contributed by atoms with Crippen molar-refractivity contribution in [2.75, 3.05) is 7.11 Å². The van der Waals surface area contributed by atoms with Crippen LogP contribution in [0, 0.1) is 17.8 Å². The number of aliphatic hydroxyl groups excluding tert-OH is 1. The first-order valence-electron chi connectivity index (χ1n) is 8.95. The van der Waals surface area contributed by atoms with Gasteiger partial charge in [0.25, 0.3) is 0 Å². The number of benzene rings is 1. The van der Waals surface area contributed by atoms with Crippen molar-refractivity contribution in [3.63, 3.8) is 0 Å². The van der Waals surface area contributed by atoms with E-state index in [1.807, 2.05) is 0 Å². The number of phenols is 1. The molecule has 3 unspecified atom stereocenters. The van der Waals surface area contributed by atoms with Crippen LogP contribution in [0.1, 0.15) is 11.7 Å². The third-order valence-corrected chi connectivity index (χ3v) is 6.05. The zero-order chi connectivity index (χ0) is 19.6. The van der Waals surface area contributed by atoms with Gasteiger partial charge in [-0.05, 0) is 23.8 Å². The molecule has 146 valence electrons. The predicted octanol–water partition coefficient (Wildman–Crippen LogP) is 0.952. The summed E-state index contributed by atoms with van der Waals surface area (Å²) in [6.45, 7) is 0. The molecule has 3 aliphatic heterocycles. The van der Waals surface area contributed by atoms with Crippen molar-refractivity contribution in [3.05, 3.63) is 53.8 Å². The summed E-state index contributed by atoms with van der Waals surface area (Å²) in [6, 6.07) is 5.96. The van der Waals surface area contributed by atoms with Crippen LogP contribution < -0.4 is 0 Å². The molecule has 1 aliphatic carbocycles. The number of rotatable bonds is 3. The molecule has 8 nitrogen and oxygen atoms in total. The Labute approximate surface area is 160 Å². The van der Waals surface area contributed by atoms with Crippen molar-refractivity contribution >= 4 is 11.9 Å². The van der Waals surface area contributed by atoms with E-state index in [-0.39, 0.29) is 11.7 Å². The molecule has 5 rings (SSSR count). The smallest absolute Gasteiger partial charge is 0.337 e. The molecular weight excluding hydrogens is 368 g/mol. The first-order chi connectivity index (χ1) is 13.5. The van der Waals surface area contributed by atoms with Gasteiger partial charge >= 0.3 is 11.9 Å². The maximum Gasteiger partial charge on any atom is 0.337 e. The highest BCUT2D eigenvalue weighted by atomic mass is 16.7. The summed E-state index contributed by atoms with van der Waals surface area (Å²) in [4.78, 5) is 24.8. The Morgan fingerprint density at radius 2 is 2.04 bits per heavy atom. The van der Waals surface area contributed by atoms with Crippen LogP contribution in [0.4, 0.5) is 0 Å². The van der Waals surface area contributed by atoms with Gasteiger partial charge < -0.3 is 29.2 Å². The van der Waals surface area contributed by atoms with Crippen molar-refractivity contribution in [1.29, 1.82) is 0 Å². The van der Waals surface area contributed by atoms with Crippen LogP contribution in [0.5, 0.6) is 5.75 Å². The maximum absolute atomic E-state index is 12.7. The summed E-state index contributed by atoms with van der Waals surface area (Å²) in [5.74, 6) is -2.81. The van der Waals surface area contributed by atoms with Gasteiger partial charge in [0.05, 0.1) is 31.0 Å². The third kappa shape index (κ3) is 2.12. The van der Waals surface area contributed by atoms with Crippen LogP contribution in [0.2, 0.25) is 0 Å². The molecule has 0 amide bonds. The SMILES string of the molecule is COC(=O)C1=CO[C@@H]2O[C@H]3C(C(O)c4ccc(O)cc4)C(=O)OC34C=C[C@H]1[C@H]24. The molecule has 0 radical (unpaired) electrons. The van der Waals surface area contributed by atoms with Crippen molar-refractivity contribution in [2.24, 2.45) is 17.8 Å². The Balaban J connectivity index is 1.49. The normalized spacial score (nSPS) is 38.1. The quantitative estimate of drug-likeness (QED) is 0.584. The van der Waals surface area contributed by atoms with E-state index < -0.39 is 47.9 Å². The molecule has 4 aliphatic rings. The second kappa shape index (κ2) is 5.83. The molecule has 2 fully saturated rings.